The lowest BCUT2D eigenvalue weighted by Crippen LogP contribution is -2.54. The van der Waals surface area contributed by atoms with Crippen LogP contribution in [0.5, 0.6) is 17.2 Å². The van der Waals surface area contributed by atoms with Gasteiger partial charge in [0.25, 0.3) is 17.7 Å². The number of benzene rings is 6. The maximum absolute atomic E-state index is 15.1. The number of nitrogens with one attached hydrogen (secondary N) is 3. The van der Waals surface area contributed by atoms with E-state index >= 15 is 4.39 Å². The van der Waals surface area contributed by atoms with Crippen LogP contribution in [0.2, 0.25) is 0 Å². The molecule has 9 aromatic rings. The second-order valence-electron chi connectivity index (χ2n) is 35.9. The highest BCUT2D eigenvalue weighted by atomic mass is 19.1. The molecule has 6 aliphatic heterocycles. The number of methoxy groups -OCH3 is 3. The van der Waals surface area contributed by atoms with Gasteiger partial charge in [0.15, 0.2) is 23.3 Å². The molecule has 24 nitrogen and oxygen atoms in total. The van der Waals surface area contributed by atoms with Crippen molar-refractivity contribution < 1.29 is 51.6 Å². The van der Waals surface area contributed by atoms with E-state index < -0.39 is 11.6 Å². The molecular formula is C96H121F2N15O9. The lowest BCUT2D eigenvalue weighted by molar-refractivity contribution is 0.0465. The van der Waals surface area contributed by atoms with Crippen molar-refractivity contribution >= 4 is 70.1 Å². The minimum Gasteiger partial charge on any atom is -0.491 e. The summed E-state index contributed by atoms with van der Waals surface area (Å²) in [7, 11) is 4.92. The van der Waals surface area contributed by atoms with E-state index in [4.69, 9.17) is 33.4 Å². The van der Waals surface area contributed by atoms with Crippen LogP contribution in [0, 0.1) is 35.8 Å². The van der Waals surface area contributed by atoms with Gasteiger partial charge in [-0.1, -0.05) is 98.7 Å². The lowest BCUT2D eigenvalue weighted by atomic mass is 9.73. The number of anilines is 9. The third-order valence-corrected chi connectivity index (χ3v) is 24.1. The third kappa shape index (κ3) is 22.6. The van der Waals surface area contributed by atoms with Gasteiger partial charge in [-0.15, -0.1) is 0 Å². The number of carbonyl (C=O) groups excluding carboxylic acids is 3. The molecule has 6 aromatic carbocycles. The molecule has 122 heavy (non-hydrogen) atoms. The topological polar surface area (TPSA) is 239 Å². The second kappa shape index (κ2) is 39.8. The molecule has 9 heterocycles. The van der Waals surface area contributed by atoms with E-state index in [1.807, 2.05) is 142 Å². The first-order chi connectivity index (χ1) is 58.6. The van der Waals surface area contributed by atoms with Crippen molar-refractivity contribution in [2.24, 2.45) is 17.3 Å². The molecule has 6 fully saturated rings. The Balaban J connectivity index is 0.000000158. The molecule has 3 aromatic heterocycles. The molecule has 5 atom stereocenters. The maximum atomic E-state index is 15.1. The molecule has 15 rings (SSSR count). The number of piperidine rings is 4. The van der Waals surface area contributed by atoms with E-state index in [1.54, 1.807) is 21.3 Å². The Morgan fingerprint density at radius 3 is 1.23 bits per heavy atom. The standard InChI is InChI=1S/C33H42FN5O3.C32H41N5O3.C31H38FN5O3/c1-32(2,3)25-9-7-24(8-10-25)30(40)39-18-6-16-33(23-39)15-5-17-38(22-33)29-28(34)21-35-31(37-29)36-26-11-13-27(14-12-26)42-20-19-41-4;1-22-20-33-31(34-26-10-12-27(13-11-26)40-19-18-39-5)35-29(22)36-16-14-23-15-17-37(28(23)21-36)30(38)24-6-8-25(9-7-24)32(2,3)4;1-31(2,3)23-7-5-21(6-8-23)29(38)37-16-13-22-20-36(15-14-27(22)37)28-26(32)19-33-30(35-28)34-24-9-11-25(12-10-24)40-18-17-39-4/h7-14,21H,5-6,15-20,22-23H2,1-4H3,(H,35,36,37);6-13,20,23,28H,14-19,21H2,1-5H3,(H,33,34,35);5-12,19,22,27H,13-18,20H2,1-4H3,(H,33,34,35). The van der Waals surface area contributed by atoms with Crippen molar-refractivity contribution in [1.82, 2.24) is 44.6 Å². The summed E-state index contributed by atoms with van der Waals surface area (Å²) in [5.74, 6) is 5.16. The van der Waals surface area contributed by atoms with Crippen molar-refractivity contribution in [3.8, 4) is 17.2 Å². The van der Waals surface area contributed by atoms with Gasteiger partial charge >= 0.3 is 0 Å². The maximum Gasteiger partial charge on any atom is 0.254 e. The van der Waals surface area contributed by atoms with Gasteiger partial charge in [-0.2, -0.15) is 15.0 Å². The number of amides is 3. The van der Waals surface area contributed by atoms with Crippen LogP contribution in [-0.2, 0) is 30.5 Å². The minimum absolute atomic E-state index is 0.0393. The van der Waals surface area contributed by atoms with Gasteiger partial charge in [-0.3, -0.25) is 14.4 Å². The van der Waals surface area contributed by atoms with Crippen molar-refractivity contribution in [3.05, 3.63) is 215 Å². The summed E-state index contributed by atoms with van der Waals surface area (Å²) in [4.78, 5) is 79.8. The Morgan fingerprint density at radius 1 is 0.410 bits per heavy atom. The Bertz CT molecular complexity index is 4950. The molecule has 5 unspecified atom stereocenters. The molecule has 0 bridgehead atoms. The molecule has 1 spiro atoms. The minimum atomic E-state index is -0.448. The number of rotatable bonds is 24. The fourth-order valence-corrected chi connectivity index (χ4v) is 17.3. The van der Waals surface area contributed by atoms with Crippen LogP contribution in [0.4, 0.5) is 61.1 Å². The summed E-state index contributed by atoms with van der Waals surface area (Å²) in [6.45, 7) is 32.0. The van der Waals surface area contributed by atoms with E-state index in [0.717, 1.165) is 140 Å². The van der Waals surface area contributed by atoms with Gasteiger partial charge < -0.3 is 73.8 Å². The Kier molecular flexibility index (Phi) is 29.0. The highest BCUT2D eigenvalue weighted by Crippen LogP contribution is 2.43. The van der Waals surface area contributed by atoms with Crippen molar-refractivity contribution in [2.45, 2.75) is 149 Å². The Morgan fingerprint density at radius 2 is 0.787 bits per heavy atom. The van der Waals surface area contributed by atoms with E-state index in [9.17, 15) is 18.8 Å². The number of aromatic nitrogens is 6. The van der Waals surface area contributed by atoms with Crippen molar-refractivity contribution in [1.29, 1.82) is 0 Å². The van der Waals surface area contributed by atoms with Crippen LogP contribution in [0.1, 0.15) is 167 Å². The molecule has 6 aliphatic rings. The van der Waals surface area contributed by atoms with E-state index in [0.29, 0.717) is 108 Å². The molecule has 0 radical (unpaired) electrons. The zero-order valence-corrected chi connectivity index (χ0v) is 73.2. The van der Waals surface area contributed by atoms with Crippen LogP contribution < -0.4 is 44.9 Å². The first-order valence-corrected chi connectivity index (χ1v) is 42.9. The van der Waals surface area contributed by atoms with Gasteiger partial charge in [0, 0.05) is 144 Å². The Hall–Kier alpha value is -11.1. The van der Waals surface area contributed by atoms with Crippen LogP contribution in [-0.4, -0.2) is 201 Å². The van der Waals surface area contributed by atoms with Gasteiger partial charge in [-0.25, -0.2) is 23.7 Å². The van der Waals surface area contributed by atoms with Gasteiger partial charge in [0.05, 0.1) is 38.3 Å². The fourth-order valence-electron chi connectivity index (χ4n) is 17.3. The van der Waals surface area contributed by atoms with Gasteiger partial charge in [-0.05, 0) is 212 Å². The number of hydrogen-bond donors (Lipinski definition) is 3. The molecule has 3 amide bonds. The number of nitrogens with zero attached hydrogens (tertiary/aromatic N) is 12. The summed E-state index contributed by atoms with van der Waals surface area (Å²) in [5, 5.41) is 9.66. The molecule has 0 aliphatic carbocycles. The SMILES string of the molecule is COCCOc1ccc(Nc2ncc(C)c(N3CCC4CCN(C(=O)c5ccc(C(C)(C)C)cc5)C4C3)n2)cc1.COCCOc1ccc(Nc2ncc(F)c(N3CCC4C(CCN4C(=O)c4ccc(C(C)(C)C)cc4)C3)n2)cc1.COCCOc1ccc(Nc2ncc(F)c(N3CCCC4(CCCN(C(=O)c5ccc(C(C)(C)C)cc5)C4)C3)n2)cc1. The predicted molar refractivity (Wildman–Crippen MR) is 476 cm³/mol. The quantitative estimate of drug-likeness (QED) is 0.0476. The lowest BCUT2D eigenvalue weighted by Gasteiger charge is -2.48. The summed E-state index contributed by atoms with van der Waals surface area (Å²) < 4.78 is 61.9. The van der Waals surface area contributed by atoms with Crippen LogP contribution >= 0.6 is 0 Å². The van der Waals surface area contributed by atoms with Crippen LogP contribution in [0.3, 0.4) is 0 Å². The molecule has 3 N–H and O–H groups in total. The fraction of sp³-hybridized carbons (Fsp3) is 0.469. The van der Waals surface area contributed by atoms with E-state index in [2.05, 4.69) is 149 Å². The number of likely N-dealkylation sites (tertiary alicyclic amines) is 3. The molecule has 0 saturated carbocycles. The number of aryl methyl sites for hydroxylation is 1. The first kappa shape index (κ1) is 88.7. The summed E-state index contributed by atoms with van der Waals surface area (Å²) >= 11 is 0. The number of hydrogen-bond acceptors (Lipinski definition) is 21. The summed E-state index contributed by atoms with van der Waals surface area (Å²) in [6.07, 6.45) is 11.9. The molecular weight excluding hydrogens is 1550 g/mol. The average Bonchev–Trinajstić information content (AvgIpc) is 1.44. The van der Waals surface area contributed by atoms with Crippen LogP contribution in [0.15, 0.2) is 164 Å². The smallest absolute Gasteiger partial charge is 0.254 e. The third-order valence-electron chi connectivity index (χ3n) is 24.1. The molecule has 6 saturated heterocycles. The van der Waals surface area contributed by atoms with Crippen molar-refractivity contribution in [3.63, 3.8) is 0 Å². The molecule has 26 heteroatoms. The average molecular weight is 1670 g/mol. The summed E-state index contributed by atoms with van der Waals surface area (Å²) in [6, 6.07) is 47.1. The van der Waals surface area contributed by atoms with Gasteiger partial charge in [0.2, 0.25) is 17.8 Å². The highest BCUT2D eigenvalue weighted by Gasteiger charge is 2.45. The zero-order chi connectivity index (χ0) is 86.3. The van der Waals surface area contributed by atoms with Crippen molar-refractivity contribution in [2.75, 3.05) is 157 Å². The van der Waals surface area contributed by atoms with Gasteiger partial charge in [0.1, 0.15) is 42.9 Å². The van der Waals surface area contributed by atoms with E-state index in [1.165, 1.54) is 29.1 Å². The summed E-state index contributed by atoms with van der Waals surface area (Å²) in [5.41, 5.74) is 9.39. The second-order valence-corrected chi connectivity index (χ2v) is 35.9. The Labute approximate surface area is 717 Å². The number of halogens is 2. The zero-order valence-electron chi connectivity index (χ0n) is 73.2. The first-order valence-electron chi connectivity index (χ1n) is 42.9. The number of ether oxygens (including phenoxy) is 6. The monoisotopic (exact) mass is 1670 g/mol. The van der Waals surface area contributed by atoms with Crippen LogP contribution in [0.25, 0.3) is 0 Å². The predicted octanol–water partition coefficient (Wildman–Crippen LogP) is 17.2. The number of carbonyl (C=O) groups is 3. The normalized spacial score (nSPS) is 19.0. The van der Waals surface area contributed by atoms with E-state index in [-0.39, 0.29) is 63.2 Å². The number of fused-ring (bicyclic) bond motifs is 2. The largest absolute Gasteiger partial charge is 0.491 e. The molecule has 648 valence electrons. The highest BCUT2D eigenvalue weighted by molar-refractivity contribution is 5.96.